The van der Waals surface area contributed by atoms with Crippen LogP contribution in [-0.4, -0.2) is 49.1 Å². The van der Waals surface area contributed by atoms with Crippen molar-refractivity contribution in [2.45, 2.75) is 6.92 Å². The molecule has 15 nitrogen and oxygen atoms in total. The number of hydrazone groups is 1. The second kappa shape index (κ2) is 6.87. The van der Waals surface area contributed by atoms with Crippen LogP contribution in [0.15, 0.2) is 21.9 Å². The van der Waals surface area contributed by atoms with E-state index in [0.717, 1.165) is 6.21 Å². The fourth-order valence-electron chi connectivity index (χ4n) is 2.50. The molecule has 3 N–H and O–H groups in total. The highest BCUT2D eigenvalue weighted by molar-refractivity contribution is 5.94. The molecule has 1 aliphatic rings. The number of nitro benzene ring substituents is 1. The number of nitrogens with two attached hydrogens (primary N) is 1. The summed E-state index contributed by atoms with van der Waals surface area (Å²) in [4.78, 5) is 23.0. The third kappa shape index (κ3) is 3.15. The van der Waals surface area contributed by atoms with E-state index in [-0.39, 0.29) is 41.1 Å². The minimum absolute atomic E-state index is 0.0295. The van der Waals surface area contributed by atoms with Gasteiger partial charge in [-0.05, 0) is 23.3 Å². The third-order valence-electron chi connectivity index (χ3n) is 3.89. The van der Waals surface area contributed by atoms with Crippen LogP contribution in [0.2, 0.25) is 0 Å². The standard InChI is InChI=1S/C14H11N9O6/c1-6-11(17-21-22(6)13-12(15)19-29-20-13)14(24)18-16-4-7-2-9-10(28-5-27-9)3-8(7)23(25)26/h2-4H,5H2,1H3,(H2,15,19)(H,18,24)/b16-4-. The number of nitrogens with zero attached hydrogens (tertiary/aromatic N) is 7. The lowest BCUT2D eigenvalue weighted by Gasteiger charge is -2.01. The number of anilines is 1. The largest absolute Gasteiger partial charge is 0.454 e. The predicted octanol–water partition coefficient (Wildman–Crippen LogP) is -0.0583. The fourth-order valence-corrected chi connectivity index (χ4v) is 2.50. The number of benzene rings is 1. The second-order valence-electron chi connectivity index (χ2n) is 5.63. The van der Waals surface area contributed by atoms with Crippen molar-refractivity contribution in [2.24, 2.45) is 5.10 Å². The summed E-state index contributed by atoms with van der Waals surface area (Å²) in [5.41, 5.74) is 7.91. The lowest BCUT2D eigenvalue weighted by atomic mass is 10.1. The van der Waals surface area contributed by atoms with Crippen LogP contribution in [-0.2, 0) is 0 Å². The summed E-state index contributed by atoms with van der Waals surface area (Å²) in [5.74, 6) is -0.0669. The maximum atomic E-state index is 12.3. The Morgan fingerprint density at radius 1 is 1.38 bits per heavy atom. The summed E-state index contributed by atoms with van der Waals surface area (Å²) in [5, 5.41) is 29.5. The van der Waals surface area contributed by atoms with Crippen molar-refractivity contribution in [3.63, 3.8) is 0 Å². The van der Waals surface area contributed by atoms with Gasteiger partial charge in [0.1, 0.15) is 0 Å². The van der Waals surface area contributed by atoms with Crippen molar-refractivity contribution in [3.8, 4) is 17.3 Å². The fraction of sp³-hybridized carbons (Fsp3) is 0.143. The van der Waals surface area contributed by atoms with E-state index in [1.54, 1.807) is 6.92 Å². The number of aromatic nitrogens is 5. The molecule has 15 heteroatoms. The third-order valence-corrected chi connectivity index (χ3v) is 3.89. The van der Waals surface area contributed by atoms with E-state index < -0.39 is 10.8 Å². The molecular weight excluding hydrogens is 390 g/mol. The number of nitrogen functional groups attached to an aromatic ring is 1. The van der Waals surface area contributed by atoms with E-state index in [9.17, 15) is 14.9 Å². The highest BCUT2D eigenvalue weighted by atomic mass is 16.7. The zero-order chi connectivity index (χ0) is 20.5. The number of nitrogens with one attached hydrogen (secondary N) is 1. The highest BCUT2D eigenvalue weighted by Crippen LogP contribution is 2.37. The Kier molecular flexibility index (Phi) is 4.23. The average Bonchev–Trinajstić information content (AvgIpc) is 3.40. The van der Waals surface area contributed by atoms with Crippen molar-refractivity contribution in [2.75, 3.05) is 12.5 Å². The quantitative estimate of drug-likeness (QED) is 0.330. The molecule has 0 spiro atoms. The van der Waals surface area contributed by atoms with Crippen molar-refractivity contribution >= 4 is 23.6 Å². The number of fused-ring (bicyclic) bond motifs is 1. The molecule has 3 aromatic rings. The SMILES string of the molecule is Cc1c(C(=O)N/N=C\c2cc3c(cc2[N+](=O)[O-])OCO3)nnn1-c1nonc1N. The van der Waals surface area contributed by atoms with Gasteiger partial charge in [0.2, 0.25) is 18.4 Å². The number of amides is 1. The molecule has 0 fully saturated rings. The van der Waals surface area contributed by atoms with E-state index in [4.69, 9.17) is 15.2 Å². The van der Waals surface area contributed by atoms with Crippen LogP contribution >= 0.6 is 0 Å². The number of hydrogen-bond donors (Lipinski definition) is 2. The Hall–Kier alpha value is -4.56. The van der Waals surface area contributed by atoms with Gasteiger partial charge < -0.3 is 15.2 Å². The first kappa shape index (κ1) is 17.8. The van der Waals surface area contributed by atoms with Crippen LogP contribution in [0.4, 0.5) is 11.5 Å². The van der Waals surface area contributed by atoms with Gasteiger partial charge in [0, 0.05) is 0 Å². The molecule has 0 atom stereocenters. The van der Waals surface area contributed by atoms with Gasteiger partial charge in [0.15, 0.2) is 17.2 Å². The first-order valence-electron chi connectivity index (χ1n) is 7.88. The first-order valence-corrected chi connectivity index (χ1v) is 7.88. The minimum Gasteiger partial charge on any atom is -0.454 e. The normalized spacial score (nSPS) is 12.4. The van der Waals surface area contributed by atoms with Gasteiger partial charge in [-0.3, -0.25) is 14.9 Å². The maximum Gasteiger partial charge on any atom is 0.293 e. The van der Waals surface area contributed by atoms with Crippen molar-refractivity contribution in [3.05, 3.63) is 39.2 Å². The molecule has 0 radical (unpaired) electrons. The van der Waals surface area contributed by atoms with E-state index in [0.29, 0.717) is 11.4 Å². The Morgan fingerprint density at radius 3 is 2.83 bits per heavy atom. The number of rotatable bonds is 5. The number of carbonyl (C=O) groups is 1. The van der Waals surface area contributed by atoms with Crippen molar-refractivity contribution in [1.82, 2.24) is 30.7 Å². The average molecular weight is 401 g/mol. The lowest BCUT2D eigenvalue weighted by molar-refractivity contribution is -0.385. The van der Waals surface area contributed by atoms with E-state index >= 15 is 0 Å². The number of ether oxygens (including phenoxy) is 2. The number of hydrogen-bond acceptors (Lipinski definition) is 12. The van der Waals surface area contributed by atoms with Gasteiger partial charge in [-0.15, -0.1) is 5.10 Å². The molecule has 29 heavy (non-hydrogen) atoms. The smallest absolute Gasteiger partial charge is 0.293 e. The van der Waals surface area contributed by atoms with E-state index in [2.05, 4.69) is 35.8 Å². The summed E-state index contributed by atoms with van der Waals surface area (Å²) in [6.45, 7) is 1.51. The van der Waals surface area contributed by atoms with Crippen LogP contribution < -0.4 is 20.6 Å². The highest BCUT2D eigenvalue weighted by Gasteiger charge is 2.23. The molecule has 1 aliphatic heterocycles. The maximum absolute atomic E-state index is 12.3. The topological polar surface area (TPSA) is 199 Å². The Bertz CT molecular complexity index is 1150. The zero-order valence-corrected chi connectivity index (χ0v) is 14.6. The first-order chi connectivity index (χ1) is 14.0. The van der Waals surface area contributed by atoms with Gasteiger partial charge in [-0.25, -0.2) is 10.1 Å². The molecule has 3 heterocycles. The van der Waals surface area contributed by atoms with Gasteiger partial charge in [-0.2, -0.15) is 9.78 Å². The van der Waals surface area contributed by atoms with Gasteiger partial charge >= 0.3 is 0 Å². The molecule has 0 saturated carbocycles. The number of carbonyl (C=O) groups excluding carboxylic acids is 1. The monoisotopic (exact) mass is 401 g/mol. The Balaban J connectivity index is 1.54. The van der Waals surface area contributed by atoms with Crippen LogP contribution in [0, 0.1) is 17.0 Å². The summed E-state index contributed by atoms with van der Waals surface area (Å²) in [7, 11) is 0. The molecule has 4 rings (SSSR count). The van der Waals surface area contributed by atoms with Crippen molar-refractivity contribution in [1.29, 1.82) is 0 Å². The van der Waals surface area contributed by atoms with Crippen molar-refractivity contribution < 1.29 is 23.8 Å². The number of nitro groups is 1. The molecule has 0 unspecified atom stereocenters. The summed E-state index contributed by atoms with van der Waals surface area (Å²) in [6.07, 6.45) is 1.11. The van der Waals surface area contributed by atoms with Crippen LogP contribution in [0.25, 0.3) is 5.82 Å². The van der Waals surface area contributed by atoms with E-state index in [1.165, 1.54) is 16.8 Å². The Morgan fingerprint density at radius 2 is 2.14 bits per heavy atom. The summed E-state index contributed by atoms with van der Waals surface area (Å²) < 4.78 is 16.0. The molecule has 148 valence electrons. The zero-order valence-electron chi connectivity index (χ0n) is 14.6. The second-order valence-corrected chi connectivity index (χ2v) is 5.63. The van der Waals surface area contributed by atoms with Crippen LogP contribution in [0.3, 0.4) is 0 Å². The molecule has 0 aliphatic carbocycles. The summed E-state index contributed by atoms with van der Waals surface area (Å²) >= 11 is 0. The predicted molar refractivity (Wildman–Crippen MR) is 92.6 cm³/mol. The van der Waals surface area contributed by atoms with Crippen LogP contribution in [0.5, 0.6) is 11.5 Å². The van der Waals surface area contributed by atoms with Gasteiger partial charge in [0.25, 0.3) is 11.6 Å². The molecular formula is C14H11N9O6. The summed E-state index contributed by atoms with van der Waals surface area (Å²) in [6, 6.07) is 2.61. The lowest BCUT2D eigenvalue weighted by Crippen LogP contribution is -2.19. The van der Waals surface area contributed by atoms with Crippen LogP contribution in [0.1, 0.15) is 21.7 Å². The molecule has 0 bridgehead atoms. The van der Waals surface area contributed by atoms with E-state index in [1.807, 2.05) is 0 Å². The molecule has 0 saturated heterocycles. The minimum atomic E-state index is -0.705. The molecule has 1 aromatic carbocycles. The van der Waals surface area contributed by atoms with Gasteiger partial charge in [-0.1, -0.05) is 5.21 Å². The van der Waals surface area contributed by atoms with Gasteiger partial charge in [0.05, 0.1) is 28.5 Å². The molecule has 2 aromatic heterocycles. The Labute approximate surface area is 160 Å². The molecule has 1 amide bonds.